The van der Waals surface area contributed by atoms with Crippen molar-refractivity contribution in [2.45, 2.75) is 0 Å². The fourth-order valence-electron chi connectivity index (χ4n) is 8.65. The molecule has 2 heteroatoms. The Bertz CT molecular complexity index is 3310. The van der Waals surface area contributed by atoms with Gasteiger partial charge in [0.25, 0.3) is 0 Å². The van der Waals surface area contributed by atoms with Crippen LogP contribution in [0.1, 0.15) is 0 Å². The standard InChI is InChI=1S/C58H39NS/c1-2-13-40(14-3-1)42-27-29-43(30-28-42)44-33-35-50(36-34-44)59(56-25-8-6-21-52(56)49-32-31-41-15-4-5-16-45(41)37-49)51-20-11-18-47(39-51)46-17-10-19-48(38-46)53-23-12-24-55-54-22-7-9-26-57(54)60-58(53)55/h1-39H. The van der Waals surface area contributed by atoms with Crippen LogP contribution >= 0.6 is 11.3 Å². The van der Waals surface area contributed by atoms with Gasteiger partial charge in [0, 0.05) is 37.1 Å². The summed E-state index contributed by atoms with van der Waals surface area (Å²) in [6.45, 7) is 0. The molecule has 0 fully saturated rings. The van der Waals surface area contributed by atoms with Crippen molar-refractivity contribution in [3.05, 3.63) is 237 Å². The summed E-state index contributed by atoms with van der Waals surface area (Å²) < 4.78 is 2.65. The molecule has 1 nitrogen and oxygen atoms in total. The first-order valence-electron chi connectivity index (χ1n) is 20.5. The first-order valence-corrected chi connectivity index (χ1v) is 21.3. The monoisotopic (exact) mass is 781 g/mol. The number of hydrogen-bond donors (Lipinski definition) is 0. The van der Waals surface area contributed by atoms with E-state index < -0.39 is 0 Å². The molecule has 1 heterocycles. The van der Waals surface area contributed by atoms with E-state index >= 15 is 0 Å². The van der Waals surface area contributed by atoms with Crippen LogP contribution in [0.4, 0.5) is 17.1 Å². The Morgan fingerprint density at radius 3 is 1.63 bits per heavy atom. The summed E-state index contributed by atoms with van der Waals surface area (Å²) in [5, 5.41) is 5.10. The van der Waals surface area contributed by atoms with Gasteiger partial charge in [-0.15, -0.1) is 11.3 Å². The van der Waals surface area contributed by atoms with E-state index in [2.05, 4.69) is 241 Å². The highest BCUT2D eigenvalue weighted by atomic mass is 32.1. The molecule has 10 aromatic carbocycles. The van der Waals surface area contributed by atoms with Gasteiger partial charge in [0.05, 0.1) is 5.69 Å². The van der Waals surface area contributed by atoms with Crippen molar-refractivity contribution in [3.63, 3.8) is 0 Å². The van der Waals surface area contributed by atoms with Gasteiger partial charge in [-0.05, 0) is 109 Å². The van der Waals surface area contributed by atoms with Crippen molar-refractivity contribution in [3.8, 4) is 55.6 Å². The molecule has 0 bridgehead atoms. The maximum atomic E-state index is 2.41. The quantitative estimate of drug-likeness (QED) is 0.148. The van der Waals surface area contributed by atoms with Crippen LogP contribution in [0.15, 0.2) is 237 Å². The number of benzene rings is 10. The van der Waals surface area contributed by atoms with Crippen molar-refractivity contribution in [2.75, 3.05) is 4.90 Å². The van der Waals surface area contributed by atoms with Crippen molar-refractivity contribution < 1.29 is 0 Å². The van der Waals surface area contributed by atoms with Gasteiger partial charge in [-0.25, -0.2) is 0 Å². The van der Waals surface area contributed by atoms with Crippen LogP contribution in [0, 0.1) is 0 Å². The van der Waals surface area contributed by atoms with Gasteiger partial charge < -0.3 is 4.90 Å². The zero-order valence-electron chi connectivity index (χ0n) is 32.9. The molecule has 0 amide bonds. The molecular weight excluding hydrogens is 743 g/mol. The molecule has 0 spiro atoms. The fraction of sp³-hybridized carbons (Fsp3) is 0. The molecular formula is C58H39NS. The third kappa shape index (κ3) is 6.63. The number of fused-ring (bicyclic) bond motifs is 4. The smallest absolute Gasteiger partial charge is 0.0540 e. The van der Waals surface area contributed by atoms with Gasteiger partial charge in [0.15, 0.2) is 0 Å². The van der Waals surface area contributed by atoms with E-state index in [0.29, 0.717) is 0 Å². The van der Waals surface area contributed by atoms with E-state index in [9.17, 15) is 0 Å². The fourth-order valence-corrected chi connectivity index (χ4v) is 9.89. The third-order valence-electron chi connectivity index (χ3n) is 11.7. The number of para-hydroxylation sites is 1. The van der Waals surface area contributed by atoms with Gasteiger partial charge in [-0.2, -0.15) is 0 Å². The number of rotatable bonds is 8. The molecule has 0 saturated carbocycles. The van der Waals surface area contributed by atoms with Gasteiger partial charge in [0.2, 0.25) is 0 Å². The molecule has 1 aromatic heterocycles. The lowest BCUT2D eigenvalue weighted by Crippen LogP contribution is -2.11. The molecule has 0 aliphatic rings. The second-order valence-corrected chi connectivity index (χ2v) is 16.4. The molecule has 11 aromatic rings. The maximum absolute atomic E-state index is 2.41. The summed E-state index contributed by atoms with van der Waals surface area (Å²) in [6, 6.07) is 86.1. The summed E-state index contributed by atoms with van der Waals surface area (Å²) in [6.07, 6.45) is 0. The Morgan fingerprint density at radius 1 is 0.283 bits per heavy atom. The maximum Gasteiger partial charge on any atom is 0.0540 e. The predicted molar refractivity (Wildman–Crippen MR) is 259 cm³/mol. The second kappa shape index (κ2) is 15.3. The van der Waals surface area contributed by atoms with Crippen LogP contribution in [0.3, 0.4) is 0 Å². The van der Waals surface area contributed by atoms with Gasteiger partial charge in [-0.1, -0.05) is 188 Å². The van der Waals surface area contributed by atoms with Crippen LogP contribution in [0.5, 0.6) is 0 Å². The molecule has 282 valence electrons. The summed E-state index contributed by atoms with van der Waals surface area (Å²) in [4.78, 5) is 2.41. The lowest BCUT2D eigenvalue weighted by molar-refractivity contribution is 1.28. The van der Waals surface area contributed by atoms with Crippen LogP contribution in [-0.2, 0) is 0 Å². The number of hydrogen-bond acceptors (Lipinski definition) is 2. The van der Waals surface area contributed by atoms with Crippen LogP contribution in [-0.4, -0.2) is 0 Å². The van der Waals surface area contributed by atoms with Crippen LogP contribution < -0.4 is 4.90 Å². The van der Waals surface area contributed by atoms with Crippen LogP contribution in [0.25, 0.3) is 86.6 Å². The zero-order valence-corrected chi connectivity index (χ0v) is 33.7. The van der Waals surface area contributed by atoms with Gasteiger partial charge in [0.1, 0.15) is 0 Å². The summed E-state index contributed by atoms with van der Waals surface area (Å²) in [7, 11) is 0. The highest BCUT2D eigenvalue weighted by Crippen LogP contribution is 2.44. The largest absolute Gasteiger partial charge is 0.310 e. The van der Waals surface area contributed by atoms with Gasteiger partial charge >= 0.3 is 0 Å². The first-order chi connectivity index (χ1) is 29.7. The molecule has 11 rings (SSSR count). The summed E-state index contributed by atoms with van der Waals surface area (Å²) in [5.74, 6) is 0. The molecule has 0 atom stereocenters. The second-order valence-electron chi connectivity index (χ2n) is 15.3. The molecule has 0 unspecified atom stereocenters. The Hall–Kier alpha value is -7.52. The zero-order chi connectivity index (χ0) is 39.8. The van der Waals surface area contributed by atoms with Crippen molar-refractivity contribution in [1.29, 1.82) is 0 Å². The third-order valence-corrected chi connectivity index (χ3v) is 12.9. The molecule has 0 aliphatic carbocycles. The van der Waals surface area contributed by atoms with E-state index in [0.717, 1.165) is 17.1 Å². The summed E-state index contributed by atoms with van der Waals surface area (Å²) >= 11 is 1.88. The number of nitrogens with zero attached hydrogens (tertiary/aromatic N) is 1. The molecule has 0 radical (unpaired) electrons. The molecule has 0 aliphatic heterocycles. The summed E-state index contributed by atoms with van der Waals surface area (Å²) in [5.41, 5.74) is 15.3. The van der Waals surface area contributed by atoms with Gasteiger partial charge in [-0.3, -0.25) is 0 Å². The molecule has 0 saturated heterocycles. The minimum Gasteiger partial charge on any atom is -0.310 e. The van der Waals surface area contributed by atoms with E-state index in [1.165, 1.54) is 86.6 Å². The first kappa shape index (κ1) is 35.6. The number of anilines is 3. The van der Waals surface area contributed by atoms with Crippen molar-refractivity contribution in [1.82, 2.24) is 0 Å². The Morgan fingerprint density at radius 2 is 0.817 bits per heavy atom. The Balaban J connectivity index is 1.01. The molecule has 60 heavy (non-hydrogen) atoms. The van der Waals surface area contributed by atoms with E-state index in [1.807, 2.05) is 11.3 Å². The Kier molecular flexibility index (Phi) is 9.11. The predicted octanol–water partition coefficient (Wildman–Crippen LogP) is 17.0. The average molecular weight is 782 g/mol. The SMILES string of the molecule is c1ccc(-c2ccc(-c3ccc(N(c4cccc(-c5cccc(-c6cccc7c6sc6ccccc67)c5)c4)c4ccccc4-c4ccc5ccccc5c4)cc3)cc2)cc1. The van der Waals surface area contributed by atoms with Crippen LogP contribution in [0.2, 0.25) is 0 Å². The highest BCUT2D eigenvalue weighted by molar-refractivity contribution is 7.26. The van der Waals surface area contributed by atoms with E-state index in [-0.39, 0.29) is 0 Å². The average Bonchev–Trinajstić information content (AvgIpc) is 3.72. The normalized spacial score (nSPS) is 11.3. The highest BCUT2D eigenvalue weighted by Gasteiger charge is 2.19. The van der Waals surface area contributed by atoms with E-state index in [1.54, 1.807) is 0 Å². The molecule has 0 N–H and O–H groups in total. The minimum absolute atomic E-state index is 1.09. The number of thiophene rings is 1. The minimum atomic E-state index is 1.09. The van der Waals surface area contributed by atoms with E-state index in [4.69, 9.17) is 0 Å². The topological polar surface area (TPSA) is 3.24 Å². The van der Waals surface area contributed by atoms with Crippen molar-refractivity contribution in [2.24, 2.45) is 0 Å². The Labute approximate surface area is 354 Å². The van der Waals surface area contributed by atoms with Crippen molar-refractivity contribution >= 4 is 59.3 Å². The lowest BCUT2D eigenvalue weighted by atomic mass is 9.96. The lowest BCUT2D eigenvalue weighted by Gasteiger charge is -2.28.